The van der Waals surface area contributed by atoms with E-state index in [0.29, 0.717) is 0 Å². The largest absolute Gasteiger partial charge is 0.323 e. The lowest BCUT2D eigenvalue weighted by Crippen LogP contribution is -2.09. The SMILES string of the molecule is CC(C)(SS)c1ccc2[nH]c(=O)[nH]c2c1. The number of benzene rings is 1. The fourth-order valence-electron chi connectivity index (χ4n) is 1.46. The molecule has 3 nitrogen and oxygen atoms in total. The third kappa shape index (κ3) is 1.94. The molecule has 0 fully saturated rings. The highest BCUT2D eigenvalue weighted by molar-refractivity contribution is 8.68. The molecule has 0 aliphatic carbocycles. The number of aromatic amines is 2. The Hall–Kier alpha value is -0.810. The Morgan fingerprint density at radius 2 is 1.93 bits per heavy atom. The first kappa shape index (κ1) is 10.7. The lowest BCUT2D eigenvalue weighted by atomic mass is 10.0. The van der Waals surface area contributed by atoms with E-state index >= 15 is 0 Å². The third-order valence-corrected chi connectivity index (χ3v) is 4.50. The summed E-state index contributed by atoms with van der Waals surface area (Å²) in [5, 5.41) is 0. The molecule has 1 aromatic heterocycles. The Labute approximate surface area is 96.5 Å². The molecule has 0 spiro atoms. The number of imidazole rings is 1. The van der Waals surface area contributed by atoms with E-state index in [1.54, 1.807) is 0 Å². The number of aromatic nitrogens is 2. The van der Waals surface area contributed by atoms with Crippen LogP contribution in [0.4, 0.5) is 0 Å². The average Bonchev–Trinajstić information content (AvgIpc) is 2.56. The summed E-state index contributed by atoms with van der Waals surface area (Å²) in [6.07, 6.45) is 0. The number of rotatable bonds is 2. The number of hydrogen-bond acceptors (Lipinski definition) is 3. The van der Waals surface area contributed by atoms with E-state index in [1.165, 1.54) is 10.8 Å². The number of thiol groups is 1. The van der Waals surface area contributed by atoms with Crippen molar-refractivity contribution in [3.8, 4) is 0 Å². The van der Waals surface area contributed by atoms with Gasteiger partial charge < -0.3 is 9.97 Å². The predicted octanol–water partition coefficient (Wildman–Crippen LogP) is 2.67. The zero-order valence-corrected chi connectivity index (χ0v) is 10.2. The van der Waals surface area contributed by atoms with Gasteiger partial charge in [0, 0.05) is 4.75 Å². The maximum atomic E-state index is 11.1. The van der Waals surface area contributed by atoms with E-state index in [9.17, 15) is 4.79 Å². The highest BCUT2D eigenvalue weighted by atomic mass is 33.1. The van der Waals surface area contributed by atoms with E-state index in [1.807, 2.05) is 18.2 Å². The van der Waals surface area contributed by atoms with Crippen LogP contribution in [0.2, 0.25) is 0 Å². The molecule has 0 saturated carbocycles. The molecule has 0 saturated heterocycles. The second-order valence-electron chi connectivity index (χ2n) is 3.94. The molecule has 0 unspecified atom stereocenters. The Kier molecular flexibility index (Phi) is 2.60. The first-order chi connectivity index (χ1) is 7.03. The number of hydrogen-bond donors (Lipinski definition) is 3. The normalized spacial score (nSPS) is 12.2. The Morgan fingerprint density at radius 1 is 1.27 bits per heavy atom. The number of fused-ring (bicyclic) bond motifs is 1. The second-order valence-corrected chi connectivity index (χ2v) is 5.69. The molecular weight excluding hydrogens is 228 g/mol. The van der Waals surface area contributed by atoms with Crippen molar-refractivity contribution < 1.29 is 0 Å². The number of nitrogens with one attached hydrogen (secondary N) is 2. The van der Waals surface area contributed by atoms with Crippen LogP contribution >= 0.6 is 22.5 Å². The molecule has 2 N–H and O–H groups in total. The van der Waals surface area contributed by atoms with E-state index in [-0.39, 0.29) is 10.4 Å². The van der Waals surface area contributed by atoms with E-state index in [2.05, 4.69) is 35.5 Å². The predicted molar refractivity (Wildman–Crippen MR) is 68.5 cm³/mol. The van der Waals surface area contributed by atoms with Crippen molar-refractivity contribution in [1.82, 2.24) is 9.97 Å². The number of H-pyrrole nitrogens is 2. The molecule has 1 aromatic carbocycles. The maximum absolute atomic E-state index is 11.1. The molecule has 0 amide bonds. The lowest BCUT2D eigenvalue weighted by molar-refractivity contribution is 0.791. The molecule has 0 atom stereocenters. The van der Waals surface area contributed by atoms with Crippen LogP contribution in [-0.4, -0.2) is 9.97 Å². The fraction of sp³-hybridized carbons (Fsp3) is 0.300. The molecule has 1 heterocycles. The molecule has 0 aliphatic rings. The van der Waals surface area contributed by atoms with Crippen molar-refractivity contribution in [3.63, 3.8) is 0 Å². The average molecular weight is 240 g/mol. The minimum absolute atomic E-state index is 0.0640. The van der Waals surface area contributed by atoms with Gasteiger partial charge in [0.1, 0.15) is 0 Å². The van der Waals surface area contributed by atoms with Gasteiger partial charge in [-0.3, -0.25) is 0 Å². The van der Waals surface area contributed by atoms with Gasteiger partial charge in [0.25, 0.3) is 0 Å². The van der Waals surface area contributed by atoms with Gasteiger partial charge in [0.15, 0.2) is 0 Å². The minimum Gasteiger partial charge on any atom is -0.306 e. The minimum atomic E-state index is -0.168. The Bertz CT molecular complexity index is 542. The van der Waals surface area contributed by atoms with Crippen LogP contribution in [0.25, 0.3) is 11.0 Å². The fourth-order valence-corrected chi connectivity index (χ4v) is 2.01. The molecule has 15 heavy (non-hydrogen) atoms. The first-order valence-corrected chi connectivity index (χ1v) is 6.45. The summed E-state index contributed by atoms with van der Waals surface area (Å²) in [5.74, 6) is 0. The Morgan fingerprint density at radius 3 is 2.60 bits per heavy atom. The lowest BCUT2D eigenvalue weighted by Gasteiger charge is -2.21. The molecule has 80 valence electrons. The van der Waals surface area contributed by atoms with Gasteiger partial charge in [-0.2, -0.15) is 0 Å². The summed E-state index contributed by atoms with van der Waals surface area (Å²) in [6.45, 7) is 4.19. The van der Waals surface area contributed by atoms with Crippen LogP contribution < -0.4 is 5.69 Å². The van der Waals surface area contributed by atoms with Gasteiger partial charge in [-0.05, 0) is 31.5 Å². The van der Waals surface area contributed by atoms with Crippen LogP contribution in [0.3, 0.4) is 0 Å². The van der Waals surface area contributed by atoms with Crippen molar-refractivity contribution in [1.29, 1.82) is 0 Å². The van der Waals surface area contributed by atoms with Crippen molar-refractivity contribution >= 4 is 33.5 Å². The summed E-state index contributed by atoms with van der Waals surface area (Å²) in [5.41, 5.74) is 2.65. The quantitative estimate of drug-likeness (QED) is 0.558. The zero-order valence-electron chi connectivity index (χ0n) is 8.50. The van der Waals surface area contributed by atoms with Crippen molar-refractivity contribution in [3.05, 3.63) is 34.2 Å². The first-order valence-electron chi connectivity index (χ1n) is 4.58. The monoisotopic (exact) mass is 240 g/mol. The molecule has 2 rings (SSSR count). The Balaban J connectivity index is 2.60. The second kappa shape index (κ2) is 3.64. The summed E-state index contributed by atoms with van der Waals surface area (Å²) in [4.78, 5) is 16.6. The molecule has 2 aromatic rings. The van der Waals surface area contributed by atoms with E-state index < -0.39 is 0 Å². The maximum Gasteiger partial charge on any atom is 0.323 e. The molecule has 0 aliphatic heterocycles. The van der Waals surface area contributed by atoms with Crippen LogP contribution in [0, 0.1) is 0 Å². The summed E-state index contributed by atoms with van der Waals surface area (Å²) in [6, 6.07) is 5.90. The third-order valence-electron chi connectivity index (χ3n) is 2.44. The van der Waals surface area contributed by atoms with E-state index in [0.717, 1.165) is 16.6 Å². The van der Waals surface area contributed by atoms with Gasteiger partial charge in [0.2, 0.25) is 0 Å². The van der Waals surface area contributed by atoms with Crippen molar-refractivity contribution in [2.75, 3.05) is 0 Å². The van der Waals surface area contributed by atoms with Gasteiger partial charge in [0.05, 0.1) is 11.0 Å². The summed E-state index contributed by atoms with van der Waals surface area (Å²) >= 11 is 4.25. The van der Waals surface area contributed by atoms with Gasteiger partial charge in [-0.1, -0.05) is 16.9 Å². The van der Waals surface area contributed by atoms with Gasteiger partial charge in [-0.15, -0.1) is 11.7 Å². The van der Waals surface area contributed by atoms with Crippen LogP contribution in [0.5, 0.6) is 0 Å². The molecule has 0 bridgehead atoms. The van der Waals surface area contributed by atoms with Crippen LogP contribution in [0.1, 0.15) is 19.4 Å². The van der Waals surface area contributed by atoms with Gasteiger partial charge >= 0.3 is 5.69 Å². The van der Waals surface area contributed by atoms with Crippen molar-refractivity contribution in [2.24, 2.45) is 0 Å². The smallest absolute Gasteiger partial charge is 0.306 e. The standard InChI is InChI=1S/C10H12N2OS2/c1-10(2,15-14)6-3-4-7-8(5-6)12-9(13)11-7/h3-5,14H,1-2H3,(H2,11,12,13). The summed E-state index contributed by atoms with van der Waals surface area (Å²) < 4.78 is -0.0640. The topological polar surface area (TPSA) is 48.6 Å². The zero-order chi connectivity index (χ0) is 11.1. The molecular formula is C10H12N2OS2. The van der Waals surface area contributed by atoms with E-state index in [4.69, 9.17) is 0 Å². The highest BCUT2D eigenvalue weighted by Gasteiger charge is 2.20. The van der Waals surface area contributed by atoms with Crippen molar-refractivity contribution in [2.45, 2.75) is 18.6 Å². The summed E-state index contributed by atoms with van der Waals surface area (Å²) in [7, 11) is 1.49. The highest BCUT2D eigenvalue weighted by Crippen LogP contribution is 2.38. The molecule has 5 heteroatoms. The van der Waals surface area contributed by atoms with Crippen LogP contribution in [0.15, 0.2) is 23.0 Å². The van der Waals surface area contributed by atoms with Crippen LogP contribution in [-0.2, 0) is 4.75 Å². The van der Waals surface area contributed by atoms with Gasteiger partial charge in [-0.25, -0.2) is 4.79 Å². The molecule has 0 radical (unpaired) electrons.